The van der Waals surface area contributed by atoms with E-state index in [0.717, 1.165) is 13.1 Å². The molecule has 3 aliphatic rings. The van der Waals surface area contributed by atoms with Gasteiger partial charge in [0.15, 0.2) is 11.5 Å². The highest BCUT2D eigenvalue weighted by molar-refractivity contribution is 5.93. The molecule has 2 bridgehead atoms. The van der Waals surface area contributed by atoms with Crippen LogP contribution in [0.15, 0.2) is 12.3 Å². The summed E-state index contributed by atoms with van der Waals surface area (Å²) in [5.41, 5.74) is 0.391. The number of aromatic nitrogens is 1. The minimum absolute atomic E-state index is 0.128. The van der Waals surface area contributed by atoms with Gasteiger partial charge in [0.05, 0.1) is 6.20 Å². The quantitative estimate of drug-likeness (QED) is 0.826. The van der Waals surface area contributed by atoms with E-state index < -0.39 is 0 Å². The smallest absolute Gasteiger partial charge is 0.270 e. The van der Waals surface area contributed by atoms with Gasteiger partial charge in [0, 0.05) is 25.2 Å². The second-order valence-electron chi connectivity index (χ2n) is 5.31. The van der Waals surface area contributed by atoms with E-state index >= 15 is 0 Å². The standard InChI is InChI=1S/C13H15N3O3/c17-13(15-10-6-16-2-1-8(10)5-16)9-3-11-12(4-14-9)19-7-18-11/h3-4,8,10H,1-2,5-7H2,(H,15,17)/t8-,10?/m0/s1. The Labute approximate surface area is 110 Å². The molecule has 0 aliphatic carbocycles. The molecule has 1 aromatic heterocycles. The van der Waals surface area contributed by atoms with Crippen LogP contribution in [0.5, 0.6) is 11.5 Å². The maximum absolute atomic E-state index is 12.2. The van der Waals surface area contributed by atoms with E-state index in [0.29, 0.717) is 23.1 Å². The van der Waals surface area contributed by atoms with Crippen molar-refractivity contribution in [2.75, 3.05) is 26.4 Å². The molecule has 2 fully saturated rings. The lowest BCUT2D eigenvalue weighted by molar-refractivity contribution is 0.0919. The Morgan fingerprint density at radius 1 is 1.37 bits per heavy atom. The molecule has 1 N–H and O–H groups in total. The second-order valence-corrected chi connectivity index (χ2v) is 5.31. The lowest BCUT2D eigenvalue weighted by Crippen LogP contribution is -2.43. The number of piperidine rings is 1. The van der Waals surface area contributed by atoms with E-state index in [2.05, 4.69) is 15.2 Å². The fourth-order valence-electron chi connectivity index (χ4n) is 3.12. The van der Waals surface area contributed by atoms with Crippen molar-refractivity contribution in [3.05, 3.63) is 18.0 Å². The Hall–Kier alpha value is -1.82. The summed E-state index contributed by atoms with van der Waals surface area (Å²) in [6, 6.07) is 1.90. The minimum Gasteiger partial charge on any atom is -0.453 e. The number of hydrogen-bond acceptors (Lipinski definition) is 5. The number of pyridine rings is 1. The van der Waals surface area contributed by atoms with Crippen molar-refractivity contribution in [1.82, 2.24) is 15.2 Å². The summed E-state index contributed by atoms with van der Waals surface area (Å²) >= 11 is 0. The third-order valence-corrected chi connectivity index (χ3v) is 4.14. The highest BCUT2D eigenvalue weighted by Crippen LogP contribution is 2.31. The van der Waals surface area contributed by atoms with Crippen LogP contribution in [0.25, 0.3) is 0 Å². The number of amides is 1. The zero-order valence-electron chi connectivity index (χ0n) is 10.5. The van der Waals surface area contributed by atoms with Crippen molar-refractivity contribution in [2.24, 2.45) is 5.92 Å². The average molecular weight is 261 g/mol. The van der Waals surface area contributed by atoms with Crippen LogP contribution in [-0.2, 0) is 0 Å². The molecule has 2 unspecified atom stereocenters. The van der Waals surface area contributed by atoms with E-state index in [1.165, 1.54) is 13.0 Å². The van der Waals surface area contributed by atoms with E-state index in [1.807, 2.05) is 0 Å². The molecule has 1 aromatic rings. The Bertz CT molecular complexity index is 534. The van der Waals surface area contributed by atoms with Gasteiger partial charge in [-0.05, 0) is 18.9 Å². The number of carbonyl (C=O) groups excluding carboxylic acids is 1. The summed E-state index contributed by atoms with van der Waals surface area (Å²) in [5, 5.41) is 3.08. The van der Waals surface area contributed by atoms with Gasteiger partial charge in [0.25, 0.3) is 5.91 Å². The van der Waals surface area contributed by atoms with Gasteiger partial charge in [-0.2, -0.15) is 0 Å². The third kappa shape index (κ3) is 1.83. The van der Waals surface area contributed by atoms with Crippen LogP contribution >= 0.6 is 0 Å². The second kappa shape index (κ2) is 4.09. The zero-order valence-corrected chi connectivity index (χ0v) is 10.5. The molecule has 6 heteroatoms. The van der Waals surface area contributed by atoms with Crippen molar-refractivity contribution >= 4 is 5.91 Å². The molecule has 0 aromatic carbocycles. The highest BCUT2D eigenvalue weighted by Gasteiger charge is 2.38. The number of nitrogens with one attached hydrogen (secondary N) is 1. The van der Waals surface area contributed by atoms with Crippen LogP contribution in [0.2, 0.25) is 0 Å². The first-order chi connectivity index (χ1) is 9.29. The topological polar surface area (TPSA) is 63.7 Å². The van der Waals surface area contributed by atoms with Gasteiger partial charge in [-0.15, -0.1) is 0 Å². The molecule has 4 rings (SSSR count). The predicted octanol–water partition coefficient (Wildman–Crippen LogP) is 0.244. The van der Waals surface area contributed by atoms with Crippen molar-refractivity contribution in [2.45, 2.75) is 12.5 Å². The number of carbonyl (C=O) groups is 1. The Morgan fingerprint density at radius 3 is 3.05 bits per heavy atom. The lowest BCUT2D eigenvalue weighted by atomic mass is 10.00. The van der Waals surface area contributed by atoms with Crippen LogP contribution in [0.1, 0.15) is 16.9 Å². The molecule has 0 spiro atoms. The molecule has 1 amide bonds. The number of rotatable bonds is 2. The summed E-state index contributed by atoms with van der Waals surface area (Å²) in [7, 11) is 0. The predicted molar refractivity (Wildman–Crippen MR) is 66.2 cm³/mol. The van der Waals surface area contributed by atoms with Crippen molar-refractivity contribution in [1.29, 1.82) is 0 Å². The first-order valence-corrected chi connectivity index (χ1v) is 6.58. The first-order valence-electron chi connectivity index (χ1n) is 6.58. The maximum Gasteiger partial charge on any atom is 0.270 e. The minimum atomic E-state index is -0.128. The van der Waals surface area contributed by atoms with Gasteiger partial charge < -0.3 is 19.7 Å². The molecule has 4 heterocycles. The first kappa shape index (κ1) is 11.0. The average Bonchev–Trinajstić information content (AvgIpc) is 3.13. The van der Waals surface area contributed by atoms with Gasteiger partial charge in [0.2, 0.25) is 6.79 Å². The highest BCUT2D eigenvalue weighted by atomic mass is 16.7. The molecule has 19 heavy (non-hydrogen) atoms. The van der Waals surface area contributed by atoms with E-state index in [1.54, 1.807) is 12.3 Å². The summed E-state index contributed by atoms with van der Waals surface area (Å²) in [6.45, 7) is 3.43. The fourth-order valence-corrected chi connectivity index (χ4v) is 3.12. The molecule has 3 aliphatic heterocycles. The molecule has 3 atom stereocenters. The SMILES string of the molecule is O=C(NC1CN2CC[C@H]1C2)c1cc2c(cn1)OCO2. The van der Waals surface area contributed by atoms with Crippen molar-refractivity contribution in [3.63, 3.8) is 0 Å². The fraction of sp³-hybridized carbons (Fsp3) is 0.538. The Kier molecular flexibility index (Phi) is 2.38. The summed E-state index contributed by atoms with van der Waals surface area (Å²) < 4.78 is 10.4. The summed E-state index contributed by atoms with van der Waals surface area (Å²) in [5.74, 6) is 1.66. The lowest BCUT2D eigenvalue weighted by Gasteiger charge is -2.22. The molecule has 6 nitrogen and oxygen atoms in total. The van der Waals surface area contributed by atoms with Gasteiger partial charge >= 0.3 is 0 Å². The van der Waals surface area contributed by atoms with Crippen LogP contribution in [0.4, 0.5) is 0 Å². The maximum atomic E-state index is 12.2. The van der Waals surface area contributed by atoms with Gasteiger partial charge in [-0.25, -0.2) is 4.98 Å². The van der Waals surface area contributed by atoms with E-state index in [9.17, 15) is 4.79 Å². The number of ether oxygens (including phenoxy) is 2. The van der Waals surface area contributed by atoms with Gasteiger partial charge in [0.1, 0.15) is 5.69 Å². The molecule has 100 valence electrons. The number of hydrogen-bond donors (Lipinski definition) is 1. The van der Waals surface area contributed by atoms with Crippen LogP contribution in [0, 0.1) is 5.92 Å². The Balaban J connectivity index is 1.48. The summed E-state index contributed by atoms with van der Waals surface area (Å²) in [4.78, 5) is 18.7. The van der Waals surface area contributed by atoms with Crippen LogP contribution < -0.4 is 14.8 Å². The van der Waals surface area contributed by atoms with Gasteiger partial charge in [-0.1, -0.05) is 0 Å². The monoisotopic (exact) mass is 261 g/mol. The normalized spacial score (nSPS) is 30.6. The number of fused-ring (bicyclic) bond motifs is 3. The van der Waals surface area contributed by atoms with Gasteiger partial charge in [-0.3, -0.25) is 4.79 Å². The van der Waals surface area contributed by atoms with Crippen LogP contribution in [0.3, 0.4) is 0 Å². The molecule has 0 radical (unpaired) electrons. The van der Waals surface area contributed by atoms with E-state index in [-0.39, 0.29) is 18.7 Å². The van der Waals surface area contributed by atoms with Crippen LogP contribution in [-0.4, -0.2) is 48.3 Å². The molecular formula is C13H15N3O3. The van der Waals surface area contributed by atoms with Crippen molar-refractivity contribution in [3.8, 4) is 11.5 Å². The molecule has 0 saturated carbocycles. The van der Waals surface area contributed by atoms with E-state index in [4.69, 9.17) is 9.47 Å². The zero-order chi connectivity index (χ0) is 12.8. The molecule has 2 saturated heterocycles. The largest absolute Gasteiger partial charge is 0.453 e. The third-order valence-electron chi connectivity index (χ3n) is 4.14. The Morgan fingerprint density at radius 2 is 2.26 bits per heavy atom. The van der Waals surface area contributed by atoms with Crippen molar-refractivity contribution < 1.29 is 14.3 Å². The molecular weight excluding hydrogens is 246 g/mol. The summed E-state index contributed by atoms with van der Waals surface area (Å²) in [6.07, 6.45) is 2.72. The number of nitrogens with zero attached hydrogens (tertiary/aromatic N) is 2.